The number of aryl methyl sites for hydroxylation is 1. The normalized spacial score (nSPS) is 20.9. The van der Waals surface area contributed by atoms with Crippen molar-refractivity contribution in [3.63, 3.8) is 0 Å². The molecule has 3 nitrogen and oxygen atoms in total. The molecule has 0 spiro atoms. The average Bonchev–Trinajstić information content (AvgIpc) is 2.32. The van der Waals surface area contributed by atoms with E-state index in [1.54, 1.807) is 0 Å². The molecule has 1 fully saturated rings. The summed E-state index contributed by atoms with van der Waals surface area (Å²) in [5.74, 6) is 0.104. The molecule has 0 aliphatic carbocycles. The van der Waals surface area contributed by atoms with Crippen LogP contribution in [0.3, 0.4) is 0 Å². The molecule has 1 unspecified atom stereocenters. The molecule has 1 saturated heterocycles. The predicted octanol–water partition coefficient (Wildman–Crippen LogP) is 2.09. The molecule has 18 heavy (non-hydrogen) atoms. The zero-order valence-corrected chi connectivity index (χ0v) is 11.5. The third-order valence-corrected chi connectivity index (χ3v) is 3.55. The molecule has 0 N–H and O–H groups in total. The molecule has 4 heteroatoms. The lowest BCUT2D eigenvalue weighted by atomic mass is 10.0. The molecule has 1 aliphatic heterocycles. The standard InChI is InChI=1S/C14H18ClNO2/c1-10-3-4-11(12(15)7-10)8-13(17)14-9-16(2)5-6-18-14/h3-4,7,14H,5-6,8-9H2,1-2H3. The van der Waals surface area contributed by atoms with Crippen LogP contribution in [0.2, 0.25) is 5.02 Å². The highest BCUT2D eigenvalue weighted by Crippen LogP contribution is 2.19. The van der Waals surface area contributed by atoms with E-state index in [1.165, 1.54) is 0 Å². The number of Topliss-reactive ketones (excluding diaryl/α,β-unsaturated/α-hetero) is 1. The molecule has 1 heterocycles. The highest BCUT2D eigenvalue weighted by Gasteiger charge is 2.25. The van der Waals surface area contributed by atoms with E-state index in [0.29, 0.717) is 24.6 Å². The van der Waals surface area contributed by atoms with Gasteiger partial charge in [-0.15, -0.1) is 0 Å². The molecule has 0 bridgehead atoms. The van der Waals surface area contributed by atoms with Crippen LogP contribution in [0.4, 0.5) is 0 Å². The fourth-order valence-electron chi connectivity index (χ4n) is 2.07. The number of nitrogens with zero attached hydrogens (tertiary/aromatic N) is 1. The number of hydrogen-bond acceptors (Lipinski definition) is 3. The van der Waals surface area contributed by atoms with Crippen LogP contribution in [0.15, 0.2) is 18.2 Å². The van der Waals surface area contributed by atoms with Crippen molar-refractivity contribution in [1.29, 1.82) is 0 Å². The van der Waals surface area contributed by atoms with E-state index in [9.17, 15) is 4.79 Å². The van der Waals surface area contributed by atoms with E-state index in [0.717, 1.165) is 17.7 Å². The third-order valence-electron chi connectivity index (χ3n) is 3.20. The fraction of sp³-hybridized carbons (Fsp3) is 0.500. The Morgan fingerprint density at radius 2 is 2.33 bits per heavy atom. The number of benzene rings is 1. The summed E-state index contributed by atoms with van der Waals surface area (Å²) < 4.78 is 5.51. The molecule has 0 amide bonds. The maximum atomic E-state index is 12.1. The Labute approximate surface area is 113 Å². The summed E-state index contributed by atoms with van der Waals surface area (Å²) in [5, 5.41) is 0.660. The van der Waals surface area contributed by atoms with Crippen molar-refractivity contribution >= 4 is 17.4 Å². The first-order valence-corrected chi connectivity index (χ1v) is 6.52. The molecular weight excluding hydrogens is 250 g/mol. The minimum Gasteiger partial charge on any atom is -0.368 e. The molecule has 98 valence electrons. The van der Waals surface area contributed by atoms with Crippen LogP contribution in [-0.4, -0.2) is 43.5 Å². The van der Waals surface area contributed by atoms with Crippen LogP contribution in [0, 0.1) is 6.92 Å². The van der Waals surface area contributed by atoms with Gasteiger partial charge < -0.3 is 9.64 Å². The van der Waals surface area contributed by atoms with Gasteiger partial charge >= 0.3 is 0 Å². The first-order valence-electron chi connectivity index (χ1n) is 6.14. The van der Waals surface area contributed by atoms with Gasteiger partial charge in [-0.3, -0.25) is 4.79 Å². The van der Waals surface area contributed by atoms with Gasteiger partial charge in [0.25, 0.3) is 0 Å². The maximum Gasteiger partial charge on any atom is 0.167 e. The lowest BCUT2D eigenvalue weighted by Crippen LogP contribution is -2.44. The Hall–Kier alpha value is -0.900. The third kappa shape index (κ3) is 3.31. The molecule has 1 atom stereocenters. The molecule has 0 radical (unpaired) electrons. The number of carbonyl (C=O) groups is 1. The van der Waals surface area contributed by atoms with E-state index < -0.39 is 0 Å². The number of hydrogen-bond donors (Lipinski definition) is 0. The summed E-state index contributed by atoms with van der Waals surface area (Å²) >= 11 is 6.14. The predicted molar refractivity (Wildman–Crippen MR) is 72.1 cm³/mol. The van der Waals surface area contributed by atoms with Crippen molar-refractivity contribution in [3.05, 3.63) is 34.3 Å². The quantitative estimate of drug-likeness (QED) is 0.840. The number of halogens is 1. The summed E-state index contributed by atoms with van der Waals surface area (Å²) in [7, 11) is 2.00. The van der Waals surface area contributed by atoms with Crippen LogP contribution < -0.4 is 0 Å². The van der Waals surface area contributed by atoms with E-state index in [4.69, 9.17) is 16.3 Å². The number of morpholine rings is 1. The Bertz CT molecular complexity index is 447. The summed E-state index contributed by atoms with van der Waals surface area (Å²) in [5.41, 5.74) is 1.98. The molecule has 1 aliphatic rings. The van der Waals surface area contributed by atoms with Gasteiger partial charge in [0, 0.05) is 24.5 Å². The van der Waals surface area contributed by atoms with Crippen molar-refractivity contribution in [2.24, 2.45) is 0 Å². The Kier molecular flexibility index (Phi) is 4.38. The lowest BCUT2D eigenvalue weighted by molar-refractivity contribution is -0.134. The fourth-order valence-corrected chi connectivity index (χ4v) is 2.37. The first-order chi connectivity index (χ1) is 8.56. The first kappa shape index (κ1) is 13.5. The average molecular weight is 268 g/mol. The SMILES string of the molecule is Cc1ccc(CC(=O)C2CN(C)CCO2)c(Cl)c1. The van der Waals surface area contributed by atoms with Gasteiger partial charge in [-0.25, -0.2) is 0 Å². The largest absolute Gasteiger partial charge is 0.368 e. The van der Waals surface area contributed by atoms with Crippen LogP contribution in [0.25, 0.3) is 0 Å². The number of rotatable bonds is 3. The molecule has 0 saturated carbocycles. The minimum atomic E-state index is -0.318. The van der Waals surface area contributed by atoms with Crippen LogP contribution in [-0.2, 0) is 16.0 Å². The smallest absolute Gasteiger partial charge is 0.167 e. The second-order valence-electron chi connectivity index (χ2n) is 4.86. The van der Waals surface area contributed by atoms with Gasteiger partial charge in [-0.2, -0.15) is 0 Å². The van der Waals surface area contributed by atoms with Crippen molar-refractivity contribution in [1.82, 2.24) is 4.90 Å². The second-order valence-corrected chi connectivity index (χ2v) is 5.27. The van der Waals surface area contributed by atoms with Crippen LogP contribution in [0.1, 0.15) is 11.1 Å². The van der Waals surface area contributed by atoms with Crippen molar-refractivity contribution < 1.29 is 9.53 Å². The van der Waals surface area contributed by atoms with Crippen LogP contribution in [0.5, 0.6) is 0 Å². The summed E-state index contributed by atoms with van der Waals surface area (Å²) in [4.78, 5) is 14.3. The van der Waals surface area contributed by atoms with Gasteiger partial charge in [0.15, 0.2) is 5.78 Å². The van der Waals surface area contributed by atoms with E-state index in [-0.39, 0.29) is 11.9 Å². The zero-order valence-electron chi connectivity index (χ0n) is 10.8. The molecule has 1 aromatic carbocycles. The molecule has 1 aromatic rings. The van der Waals surface area contributed by atoms with Gasteiger partial charge in [-0.05, 0) is 31.2 Å². The van der Waals surface area contributed by atoms with Crippen LogP contribution >= 0.6 is 11.6 Å². The summed E-state index contributed by atoms with van der Waals surface area (Å²) in [6, 6.07) is 5.78. The Morgan fingerprint density at radius 1 is 1.56 bits per heavy atom. The number of likely N-dealkylation sites (N-methyl/N-ethyl adjacent to an activating group) is 1. The second kappa shape index (κ2) is 5.83. The molecule has 0 aromatic heterocycles. The Balaban J connectivity index is 2.02. The van der Waals surface area contributed by atoms with Gasteiger partial charge in [0.05, 0.1) is 6.61 Å². The van der Waals surface area contributed by atoms with Gasteiger partial charge in [0.1, 0.15) is 6.10 Å². The van der Waals surface area contributed by atoms with E-state index >= 15 is 0 Å². The van der Waals surface area contributed by atoms with E-state index in [1.807, 2.05) is 32.2 Å². The number of carbonyl (C=O) groups excluding carboxylic acids is 1. The lowest BCUT2D eigenvalue weighted by Gasteiger charge is -2.29. The molecule has 2 rings (SSSR count). The zero-order chi connectivity index (χ0) is 13.1. The highest BCUT2D eigenvalue weighted by atomic mass is 35.5. The van der Waals surface area contributed by atoms with Gasteiger partial charge in [0.2, 0.25) is 0 Å². The van der Waals surface area contributed by atoms with Crippen molar-refractivity contribution in [3.8, 4) is 0 Å². The number of ether oxygens (including phenoxy) is 1. The van der Waals surface area contributed by atoms with Crippen molar-refractivity contribution in [2.75, 3.05) is 26.7 Å². The topological polar surface area (TPSA) is 29.5 Å². The van der Waals surface area contributed by atoms with E-state index in [2.05, 4.69) is 4.90 Å². The van der Waals surface area contributed by atoms with Crippen molar-refractivity contribution in [2.45, 2.75) is 19.4 Å². The highest BCUT2D eigenvalue weighted by molar-refractivity contribution is 6.31. The molecular formula is C14H18ClNO2. The number of ketones is 1. The van der Waals surface area contributed by atoms with Gasteiger partial charge in [-0.1, -0.05) is 23.7 Å². The summed E-state index contributed by atoms with van der Waals surface area (Å²) in [6.45, 7) is 4.16. The maximum absolute atomic E-state index is 12.1. The summed E-state index contributed by atoms with van der Waals surface area (Å²) in [6.07, 6.45) is 0.0265. The Morgan fingerprint density at radius 3 is 3.00 bits per heavy atom. The monoisotopic (exact) mass is 267 g/mol. The minimum absolute atomic E-state index is 0.104.